The number of benzene rings is 1. The Morgan fingerprint density at radius 2 is 2.07 bits per heavy atom. The van der Waals surface area contributed by atoms with Crippen molar-refractivity contribution in [2.75, 3.05) is 7.05 Å². The van der Waals surface area contributed by atoms with Crippen LogP contribution in [0.3, 0.4) is 0 Å². The molecule has 0 aromatic heterocycles. The fourth-order valence-corrected chi connectivity index (χ4v) is 1.76. The minimum atomic E-state index is -0.436. The van der Waals surface area contributed by atoms with Gasteiger partial charge < -0.3 is 4.90 Å². The lowest BCUT2D eigenvalue weighted by molar-refractivity contribution is 0.0647. The van der Waals surface area contributed by atoms with Crippen LogP contribution in [0.1, 0.15) is 29.6 Å². The third-order valence-corrected chi connectivity index (χ3v) is 3.05. The van der Waals surface area contributed by atoms with Gasteiger partial charge in [-0.25, -0.2) is 4.39 Å². The molecular weight excluding hydrogens is 193 g/mol. The molecule has 15 heavy (non-hydrogen) atoms. The highest BCUT2D eigenvalue weighted by molar-refractivity contribution is 5.94. The van der Waals surface area contributed by atoms with Gasteiger partial charge in [0.2, 0.25) is 0 Å². The van der Waals surface area contributed by atoms with E-state index in [-0.39, 0.29) is 11.5 Å². The lowest BCUT2D eigenvalue weighted by Crippen LogP contribution is -2.41. The van der Waals surface area contributed by atoms with Crippen molar-refractivity contribution in [2.45, 2.75) is 25.3 Å². The molecule has 80 valence electrons. The summed E-state index contributed by atoms with van der Waals surface area (Å²) in [6.07, 6.45) is 3.24. The van der Waals surface area contributed by atoms with E-state index in [0.717, 1.165) is 12.8 Å². The van der Waals surface area contributed by atoms with Gasteiger partial charge in [-0.05, 0) is 31.4 Å². The highest BCUT2D eigenvalue weighted by atomic mass is 19.1. The second-order valence-electron chi connectivity index (χ2n) is 3.98. The maximum Gasteiger partial charge on any atom is 0.256 e. The molecular formula is C12H14FNO. The van der Waals surface area contributed by atoms with Crippen LogP contribution in [0, 0.1) is 5.82 Å². The predicted molar refractivity (Wildman–Crippen MR) is 56.1 cm³/mol. The van der Waals surface area contributed by atoms with Gasteiger partial charge in [0.05, 0.1) is 5.56 Å². The van der Waals surface area contributed by atoms with Crippen LogP contribution in [0.4, 0.5) is 4.39 Å². The number of hydrogen-bond donors (Lipinski definition) is 0. The average Bonchev–Trinajstić information content (AvgIpc) is 2.15. The van der Waals surface area contributed by atoms with Crippen molar-refractivity contribution in [2.24, 2.45) is 0 Å². The largest absolute Gasteiger partial charge is 0.339 e. The second kappa shape index (κ2) is 4.01. The molecule has 1 aromatic carbocycles. The maximum atomic E-state index is 13.3. The Hall–Kier alpha value is -1.38. The first-order chi connectivity index (χ1) is 7.20. The Bertz CT molecular complexity index is 374. The minimum absolute atomic E-state index is 0.173. The van der Waals surface area contributed by atoms with Crippen LogP contribution in [0.25, 0.3) is 0 Å². The smallest absolute Gasteiger partial charge is 0.256 e. The molecule has 2 nitrogen and oxygen atoms in total. The minimum Gasteiger partial charge on any atom is -0.339 e. The quantitative estimate of drug-likeness (QED) is 0.729. The zero-order valence-corrected chi connectivity index (χ0v) is 8.74. The molecule has 1 fully saturated rings. The molecule has 0 heterocycles. The summed E-state index contributed by atoms with van der Waals surface area (Å²) in [6.45, 7) is 0. The fourth-order valence-electron chi connectivity index (χ4n) is 1.76. The number of nitrogens with zero attached hydrogens (tertiary/aromatic N) is 1. The third kappa shape index (κ3) is 1.87. The third-order valence-electron chi connectivity index (χ3n) is 3.05. The van der Waals surface area contributed by atoms with Crippen molar-refractivity contribution >= 4 is 5.91 Å². The summed E-state index contributed by atoms with van der Waals surface area (Å²) in [5.41, 5.74) is 0.173. The van der Waals surface area contributed by atoms with Crippen molar-refractivity contribution in [1.29, 1.82) is 0 Å². The van der Waals surface area contributed by atoms with Gasteiger partial charge in [0.15, 0.2) is 0 Å². The second-order valence-corrected chi connectivity index (χ2v) is 3.98. The summed E-state index contributed by atoms with van der Waals surface area (Å²) in [4.78, 5) is 13.5. The molecule has 0 unspecified atom stereocenters. The SMILES string of the molecule is CN(C(=O)c1ccccc1F)C1CCC1. The topological polar surface area (TPSA) is 20.3 Å². The average molecular weight is 207 g/mol. The normalized spacial score (nSPS) is 15.9. The molecule has 1 aliphatic rings. The van der Waals surface area contributed by atoms with E-state index in [1.54, 1.807) is 24.1 Å². The molecule has 2 rings (SSSR count). The van der Waals surface area contributed by atoms with Gasteiger partial charge in [-0.3, -0.25) is 4.79 Å². The molecule has 0 aliphatic heterocycles. The predicted octanol–water partition coefficient (Wildman–Crippen LogP) is 2.45. The zero-order chi connectivity index (χ0) is 10.8. The Balaban J connectivity index is 2.16. The lowest BCUT2D eigenvalue weighted by atomic mass is 9.91. The summed E-state index contributed by atoms with van der Waals surface area (Å²) in [5, 5.41) is 0. The van der Waals surface area contributed by atoms with Gasteiger partial charge in [0.25, 0.3) is 5.91 Å². The first-order valence-electron chi connectivity index (χ1n) is 5.22. The van der Waals surface area contributed by atoms with E-state index in [4.69, 9.17) is 0 Å². The Morgan fingerprint density at radius 3 is 2.60 bits per heavy atom. The van der Waals surface area contributed by atoms with Crippen LogP contribution >= 0.6 is 0 Å². The summed E-state index contributed by atoms with van der Waals surface area (Å²) in [6, 6.07) is 6.44. The number of halogens is 1. The Morgan fingerprint density at radius 1 is 1.40 bits per heavy atom. The van der Waals surface area contributed by atoms with E-state index in [9.17, 15) is 9.18 Å². The highest BCUT2D eigenvalue weighted by Gasteiger charge is 2.27. The van der Waals surface area contributed by atoms with E-state index in [1.165, 1.54) is 18.6 Å². The molecule has 1 amide bonds. The molecule has 1 saturated carbocycles. The summed E-state index contributed by atoms with van der Waals surface area (Å²) in [5.74, 6) is -0.647. The van der Waals surface area contributed by atoms with E-state index in [0.29, 0.717) is 6.04 Å². The molecule has 0 N–H and O–H groups in total. The molecule has 0 spiro atoms. The first-order valence-corrected chi connectivity index (χ1v) is 5.22. The van der Waals surface area contributed by atoms with Crippen molar-refractivity contribution in [3.8, 4) is 0 Å². The highest BCUT2D eigenvalue weighted by Crippen LogP contribution is 2.25. The van der Waals surface area contributed by atoms with Crippen molar-refractivity contribution in [3.63, 3.8) is 0 Å². The van der Waals surface area contributed by atoms with Gasteiger partial charge in [-0.2, -0.15) is 0 Å². The van der Waals surface area contributed by atoms with Gasteiger partial charge in [-0.1, -0.05) is 12.1 Å². The zero-order valence-electron chi connectivity index (χ0n) is 8.74. The molecule has 3 heteroatoms. The van der Waals surface area contributed by atoms with Gasteiger partial charge in [0.1, 0.15) is 5.82 Å². The van der Waals surface area contributed by atoms with Crippen molar-refractivity contribution in [3.05, 3.63) is 35.6 Å². The molecule has 0 saturated heterocycles. The fraction of sp³-hybridized carbons (Fsp3) is 0.417. The van der Waals surface area contributed by atoms with Crippen LogP contribution in [-0.4, -0.2) is 23.9 Å². The van der Waals surface area contributed by atoms with Crippen LogP contribution < -0.4 is 0 Å². The van der Waals surface area contributed by atoms with Gasteiger partial charge in [0, 0.05) is 13.1 Å². The molecule has 0 atom stereocenters. The van der Waals surface area contributed by atoms with Crippen LogP contribution in [0.2, 0.25) is 0 Å². The molecule has 0 bridgehead atoms. The van der Waals surface area contributed by atoms with Crippen LogP contribution in [-0.2, 0) is 0 Å². The van der Waals surface area contributed by atoms with Gasteiger partial charge in [-0.15, -0.1) is 0 Å². The molecule has 1 aromatic rings. The number of carbonyl (C=O) groups excluding carboxylic acids is 1. The number of hydrogen-bond acceptors (Lipinski definition) is 1. The van der Waals surface area contributed by atoms with E-state index in [2.05, 4.69) is 0 Å². The number of rotatable bonds is 2. The lowest BCUT2D eigenvalue weighted by Gasteiger charge is -2.34. The van der Waals surface area contributed by atoms with Crippen molar-refractivity contribution < 1.29 is 9.18 Å². The number of amides is 1. The van der Waals surface area contributed by atoms with Crippen molar-refractivity contribution in [1.82, 2.24) is 4.90 Å². The van der Waals surface area contributed by atoms with E-state index < -0.39 is 5.82 Å². The van der Waals surface area contributed by atoms with Gasteiger partial charge >= 0.3 is 0 Å². The first kappa shape index (κ1) is 10.1. The monoisotopic (exact) mass is 207 g/mol. The Labute approximate surface area is 88.7 Å². The summed E-state index contributed by atoms with van der Waals surface area (Å²) < 4.78 is 13.3. The van der Waals surface area contributed by atoms with Crippen LogP contribution in [0.5, 0.6) is 0 Å². The molecule has 1 aliphatic carbocycles. The van der Waals surface area contributed by atoms with E-state index in [1.807, 2.05) is 0 Å². The molecule has 0 radical (unpaired) electrons. The maximum absolute atomic E-state index is 13.3. The van der Waals surface area contributed by atoms with E-state index >= 15 is 0 Å². The number of carbonyl (C=O) groups is 1. The van der Waals surface area contributed by atoms with Crippen LogP contribution in [0.15, 0.2) is 24.3 Å². The summed E-state index contributed by atoms with van der Waals surface area (Å²) in [7, 11) is 1.75. The standard InChI is InChI=1S/C12H14FNO/c1-14(9-5-4-6-9)12(15)10-7-2-3-8-11(10)13/h2-3,7-9H,4-6H2,1H3. The summed E-state index contributed by atoms with van der Waals surface area (Å²) >= 11 is 0. The Kier molecular flexibility index (Phi) is 2.71.